The van der Waals surface area contributed by atoms with Gasteiger partial charge in [-0.3, -0.25) is 15.0 Å². The van der Waals surface area contributed by atoms with E-state index >= 15 is 0 Å². The van der Waals surface area contributed by atoms with Gasteiger partial charge in [0.2, 0.25) is 10.0 Å². The van der Waals surface area contributed by atoms with Crippen molar-refractivity contribution in [2.45, 2.75) is 30.2 Å². The normalized spacial score (nSPS) is 22.7. The highest BCUT2D eigenvalue weighted by Gasteiger charge is 2.34. The van der Waals surface area contributed by atoms with E-state index in [2.05, 4.69) is 4.90 Å². The number of nitro benzene ring substituents is 1. The van der Waals surface area contributed by atoms with Gasteiger partial charge in [0.25, 0.3) is 0 Å². The smallest absolute Gasteiger partial charge is 0.312 e. The molecule has 2 aliphatic rings. The van der Waals surface area contributed by atoms with Crippen LogP contribution in [-0.2, 0) is 10.0 Å². The Morgan fingerprint density at radius 2 is 1.91 bits per heavy atom. The number of rotatable bonds is 4. The first-order valence-electron chi connectivity index (χ1n) is 7.67. The summed E-state index contributed by atoms with van der Waals surface area (Å²) in [6, 6.07) is 4.66. The fraction of sp³-hybridized carbons (Fsp3) is 0.571. The van der Waals surface area contributed by atoms with E-state index in [-0.39, 0.29) is 0 Å². The number of hydrogen-bond donors (Lipinski definition) is 1. The molecule has 2 saturated heterocycles. The van der Waals surface area contributed by atoms with Crippen molar-refractivity contribution in [3.63, 3.8) is 0 Å². The Hall–Kier alpha value is -1.71. The van der Waals surface area contributed by atoms with Gasteiger partial charge in [0.05, 0.1) is 4.92 Å². The Morgan fingerprint density at radius 3 is 2.52 bits per heavy atom. The van der Waals surface area contributed by atoms with Crippen LogP contribution in [0, 0.1) is 10.1 Å². The summed E-state index contributed by atoms with van der Waals surface area (Å²) in [5, 5.41) is 16.6. The van der Waals surface area contributed by atoms with Gasteiger partial charge in [0.15, 0.2) is 4.90 Å². The van der Waals surface area contributed by atoms with Gasteiger partial charge in [-0.15, -0.1) is 0 Å². The molecule has 0 bridgehead atoms. The third kappa shape index (κ3) is 3.17. The van der Waals surface area contributed by atoms with Gasteiger partial charge in [-0.2, -0.15) is 0 Å². The van der Waals surface area contributed by atoms with Crippen LogP contribution in [-0.4, -0.2) is 50.5 Å². The highest BCUT2D eigenvalue weighted by Crippen LogP contribution is 2.36. The van der Waals surface area contributed by atoms with Gasteiger partial charge < -0.3 is 4.90 Å². The summed E-state index contributed by atoms with van der Waals surface area (Å²) in [6.07, 6.45) is 3.31. The Bertz CT molecular complexity index is 715. The number of likely N-dealkylation sites (tertiary alicyclic amines) is 1. The van der Waals surface area contributed by atoms with E-state index in [1.165, 1.54) is 25.0 Å². The maximum Gasteiger partial charge on any atom is 0.312 e. The zero-order valence-electron chi connectivity index (χ0n) is 12.7. The van der Waals surface area contributed by atoms with Gasteiger partial charge in [0.1, 0.15) is 5.69 Å². The van der Waals surface area contributed by atoms with Crippen molar-refractivity contribution in [3.05, 3.63) is 28.3 Å². The minimum absolute atomic E-state index is 0.336. The molecule has 2 N–H and O–H groups in total. The fourth-order valence-electron chi connectivity index (χ4n) is 3.54. The fourth-order valence-corrected chi connectivity index (χ4v) is 4.26. The van der Waals surface area contributed by atoms with E-state index in [0.717, 1.165) is 19.5 Å². The average Bonchev–Trinajstić information content (AvgIpc) is 3.16. The van der Waals surface area contributed by atoms with Gasteiger partial charge >= 0.3 is 5.69 Å². The zero-order chi connectivity index (χ0) is 16.6. The molecule has 126 valence electrons. The Balaban J connectivity index is 1.92. The number of nitro groups is 1. The monoisotopic (exact) mass is 340 g/mol. The first kappa shape index (κ1) is 16.2. The third-order valence-corrected chi connectivity index (χ3v) is 5.57. The van der Waals surface area contributed by atoms with E-state index in [0.29, 0.717) is 24.8 Å². The lowest BCUT2D eigenvalue weighted by atomic mass is 10.2. The number of para-hydroxylation sites is 1. The predicted octanol–water partition coefficient (Wildman–Crippen LogP) is 0.917. The minimum Gasteiger partial charge on any atom is -0.364 e. The Morgan fingerprint density at radius 1 is 1.22 bits per heavy atom. The van der Waals surface area contributed by atoms with E-state index in [1.54, 1.807) is 6.07 Å². The number of primary sulfonamides is 1. The quantitative estimate of drug-likeness (QED) is 0.644. The summed E-state index contributed by atoms with van der Waals surface area (Å²) in [6.45, 7) is 3.49. The lowest BCUT2D eigenvalue weighted by molar-refractivity contribution is -0.387. The van der Waals surface area contributed by atoms with Crippen molar-refractivity contribution in [2.24, 2.45) is 5.14 Å². The van der Waals surface area contributed by atoms with Crippen molar-refractivity contribution >= 4 is 21.4 Å². The van der Waals surface area contributed by atoms with Crippen LogP contribution in [0.25, 0.3) is 0 Å². The summed E-state index contributed by atoms with van der Waals surface area (Å²) < 4.78 is 23.3. The lowest BCUT2D eigenvalue weighted by Crippen LogP contribution is -2.35. The second kappa shape index (κ2) is 6.06. The molecule has 1 unspecified atom stereocenters. The number of hydrogen-bond acceptors (Lipinski definition) is 6. The zero-order valence-corrected chi connectivity index (χ0v) is 13.5. The molecule has 1 aromatic rings. The number of nitrogens with zero attached hydrogens (tertiary/aromatic N) is 3. The molecule has 8 nitrogen and oxygen atoms in total. The van der Waals surface area contributed by atoms with Crippen LogP contribution in [0.2, 0.25) is 0 Å². The molecule has 0 amide bonds. The SMILES string of the molecule is NS(=O)(=O)c1cccc(N2CCC(N3CCCC3)C2)c1[N+](=O)[O-]. The topological polar surface area (TPSA) is 110 Å². The van der Waals surface area contributed by atoms with Crippen LogP contribution in [0.3, 0.4) is 0 Å². The maximum atomic E-state index is 11.6. The van der Waals surface area contributed by atoms with Crippen molar-refractivity contribution in [1.82, 2.24) is 4.90 Å². The molecule has 0 aromatic heterocycles. The highest BCUT2D eigenvalue weighted by atomic mass is 32.2. The van der Waals surface area contributed by atoms with E-state index in [1.807, 2.05) is 4.90 Å². The van der Waals surface area contributed by atoms with E-state index in [9.17, 15) is 18.5 Å². The van der Waals surface area contributed by atoms with Gasteiger partial charge in [-0.1, -0.05) is 6.07 Å². The van der Waals surface area contributed by atoms with Crippen molar-refractivity contribution < 1.29 is 13.3 Å². The van der Waals surface area contributed by atoms with Crippen LogP contribution in [0.1, 0.15) is 19.3 Å². The summed E-state index contributed by atoms with van der Waals surface area (Å²) in [5.74, 6) is 0. The molecule has 0 aliphatic carbocycles. The molecular formula is C14H20N4O4S. The summed E-state index contributed by atoms with van der Waals surface area (Å²) >= 11 is 0. The van der Waals surface area contributed by atoms with E-state index < -0.39 is 25.5 Å². The first-order chi connectivity index (χ1) is 10.9. The summed E-state index contributed by atoms with van der Waals surface area (Å²) in [5.41, 5.74) is -0.0831. The van der Waals surface area contributed by atoms with Crippen LogP contribution in [0.4, 0.5) is 11.4 Å². The molecule has 9 heteroatoms. The largest absolute Gasteiger partial charge is 0.364 e. The molecule has 0 radical (unpaired) electrons. The third-order valence-electron chi connectivity index (χ3n) is 4.63. The van der Waals surface area contributed by atoms with Crippen LogP contribution in [0.5, 0.6) is 0 Å². The number of anilines is 1. The number of benzene rings is 1. The molecule has 3 rings (SSSR count). The number of nitrogens with two attached hydrogens (primary N) is 1. The minimum atomic E-state index is -4.14. The summed E-state index contributed by atoms with van der Waals surface area (Å²) in [7, 11) is -4.14. The van der Waals surface area contributed by atoms with Gasteiger partial charge in [-0.05, 0) is 44.5 Å². The van der Waals surface area contributed by atoms with E-state index in [4.69, 9.17) is 5.14 Å². The highest BCUT2D eigenvalue weighted by molar-refractivity contribution is 7.89. The molecule has 1 atom stereocenters. The molecule has 23 heavy (non-hydrogen) atoms. The Labute approximate surface area is 135 Å². The van der Waals surface area contributed by atoms with Crippen molar-refractivity contribution in [3.8, 4) is 0 Å². The van der Waals surface area contributed by atoms with Crippen LogP contribution in [0.15, 0.2) is 23.1 Å². The van der Waals surface area contributed by atoms with Crippen LogP contribution < -0.4 is 10.0 Å². The molecule has 0 spiro atoms. The molecule has 2 fully saturated rings. The average molecular weight is 340 g/mol. The number of sulfonamides is 1. The second-order valence-electron chi connectivity index (χ2n) is 6.06. The predicted molar refractivity (Wildman–Crippen MR) is 85.9 cm³/mol. The first-order valence-corrected chi connectivity index (χ1v) is 9.22. The molecule has 2 aliphatic heterocycles. The van der Waals surface area contributed by atoms with Crippen LogP contribution >= 0.6 is 0 Å². The standard InChI is InChI=1S/C14H20N4O4S/c15-23(21,22)13-5-3-4-12(14(13)18(19)20)17-9-6-11(10-17)16-7-1-2-8-16/h3-5,11H,1-2,6-10H2,(H2,15,21,22). The summed E-state index contributed by atoms with van der Waals surface area (Å²) in [4.78, 5) is 14.7. The Kier molecular flexibility index (Phi) is 4.26. The lowest BCUT2D eigenvalue weighted by Gasteiger charge is -2.24. The maximum absolute atomic E-state index is 11.6. The van der Waals surface area contributed by atoms with Gasteiger partial charge in [0, 0.05) is 19.1 Å². The molecular weight excluding hydrogens is 320 g/mol. The van der Waals surface area contributed by atoms with Crippen molar-refractivity contribution in [1.29, 1.82) is 0 Å². The molecule has 0 saturated carbocycles. The second-order valence-corrected chi connectivity index (χ2v) is 7.59. The van der Waals surface area contributed by atoms with Crippen molar-refractivity contribution in [2.75, 3.05) is 31.1 Å². The molecule has 2 heterocycles. The molecule has 1 aromatic carbocycles. The van der Waals surface area contributed by atoms with Gasteiger partial charge in [-0.25, -0.2) is 13.6 Å².